The van der Waals surface area contributed by atoms with Crippen LogP contribution in [0.5, 0.6) is 0 Å². The van der Waals surface area contributed by atoms with Gasteiger partial charge >= 0.3 is 0 Å². The monoisotopic (exact) mass is 279 g/mol. The van der Waals surface area contributed by atoms with Gasteiger partial charge in [-0.2, -0.15) is 5.26 Å². The largest absolute Gasteiger partial charge is 0.207 e. The molecule has 0 spiro atoms. The summed E-state index contributed by atoms with van der Waals surface area (Å²) in [5.74, 6) is -0.399. The second-order valence-electron chi connectivity index (χ2n) is 1.90. The average molecular weight is 279 g/mol. The van der Waals surface area contributed by atoms with Crippen molar-refractivity contribution >= 4 is 35.2 Å². The van der Waals surface area contributed by atoms with Crippen LogP contribution in [0.4, 0.5) is 4.39 Å². The third-order valence-electron chi connectivity index (χ3n) is 1.15. The molecular formula is C7H3FINS. The fourth-order valence-corrected chi connectivity index (χ4v) is 1.42. The van der Waals surface area contributed by atoms with Gasteiger partial charge in [0.2, 0.25) is 0 Å². The zero-order valence-corrected chi connectivity index (χ0v) is 8.36. The van der Waals surface area contributed by atoms with Crippen molar-refractivity contribution in [1.29, 1.82) is 5.26 Å². The van der Waals surface area contributed by atoms with E-state index in [1.165, 1.54) is 12.1 Å². The molecule has 0 bridgehead atoms. The second-order valence-corrected chi connectivity index (χ2v) is 3.50. The highest BCUT2D eigenvalue weighted by atomic mass is 127. The molecule has 0 unspecified atom stereocenters. The SMILES string of the molecule is N#Cc1cc(F)cc(I)c1S. The molecule has 0 N–H and O–H groups in total. The summed E-state index contributed by atoms with van der Waals surface area (Å²) in [6.07, 6.45) is 0. The van der Waals surface area contributed by atoms with Crippen molar-refractivity contribution in [1.82, 2.24) is 0 Å². The summed E-state index contributed by atoms with van der Waals surface area (Å²) in [7, 11) is 0. The van der Waals surface area contributed by atoms with E-state index >= 15 is 0 Å². The number of nitriles is 1. The molecule has 0 radical (unpaired) electrons. The van der Waals surface area contributed by atoms with Gasteiger partial charge in [-0.1, -0.05) is 0 Å². The molecule has 11 heavy (non-hydrogen) atoms. The first kappa shape index (κ1) is 8.81. The smallest absolute Gasteiger partial charge is 0.125 e. The third kappa shape index (κ3) is 1.84. The van der Waals surface area contributed by atoms with Crippen LogP contribution in [0.2, 0.25) is 0 Å². The van der Waals surface area contributed by atoms with Gasteiger partial charge in [0.1, 0.15) is 11.9 Å². The van der Waals surface area contributed by atoms with E-state index in [1.54, 1.807) is 0 Å². The number of hydrogen-bond acceptors (Lipinski definition) is 2. The number of benzene rings is 1. The van der Waals surface area contributed by atoms with Gasteiger partial charge < -0.3 is 0 Å². The molecule has 0 aromatic heterocycles. The van der Waals surface area contributed by atoms with Crippen LogP contribution in [0.3, 0.4) is 0 Å². The lowest BCUT2D eigenvalue weighted by Gasteiger charge is -1.98. The van der Waals surface area contributed by atoms with Crippen molar-refractivity contribution in [3.63, 3.8) is 0 Å². The first-order valence-corrected chi connectivity index (χ1v) is 4.26. The first-order valence-electron chi connectivity index (χ1n) is 2.73. The summed E-state index contributed by atoms with van der Waals surface area (Å²) < 4.78 is 13.3. The minimum atomic E-state index is -0.399. The highest BCUT2D eigenvalue weighted by molar-refractivity contribution is 14.1. The van der Waals surface area contributed by atoms with E-state index in [1.807, 2.05) is 28.7 Å². The van der Waals surface area contributed by atoms with Crippen molar-refractivity contribution in [2.45, 2.75) is 4.90 Å². The van der Waals surface area contributed by atoms with E-state index in [4.69, 9.17) is 5.26 Å². The molecule has 1 aromatic carbocycles. The third-order valence-corrected chi connectivity index (χ3v) is 2.91. The Morgan fingerprint density at radius 3 is 2.73 bits per heavy atom. The highest BCUT2D eigenvalue weighted by Crippen LogP contribution is 2.21. The fraction of sp³-hybridized carbons (Fsp3) is 0. The normalized spacial score (nSPS) is 9.27. The molecule has 0 atom stereocenters. The van der Waals surface area contributed by atoms with E-state index in [2.05, 4.69) is 12.6 Å². The van der Waals surface area contributed by atoms with Crippen molar-refractivity contribution in [3.05, 3.63) is 27.1 Å². The molecule has 0 aliphatic carbocycles. The zero-order valence-electron chi connectivity index (χ0n) is 5.31. The molecular weight excluding hydrogens is 276 g/mol. The molecule has 56 valence electrons. The van der Waals surface area contributed by atoms with Crippen molar-refractivity contribution in [2.75, 3.05) is 0 Å². The summed E-state index contributed by atoms with van der Waals surface area (Å²) in [5, 5.41) is 8.50. The van der Waals surface area contributed by atoms with Crippen molar-refractivity contribution < 1.29 is 4.39 Å². The van der Waals surface area contributed by atoms with Crippen LogP contribution in [-0.4, -0.2) is 0 Å². The molecule has 0 heterocycles. The highest BCUT2D eigenvalue weighted by Gasteiger charge is 2.04. The van der Waals surface area contributed by atoms with Crippen LogP contribution in [0.1, 0.15) is 5.56 Å². The van der Waals surface area contributed by atoms with Crippen LogP contribution in [0, 0.1) is 20.7 Å². The van der Waals surface area contributed by atoms with E-state index in [0.29, 0.717) is 8.47 Å². The number of hydrogen-bond donors (Lipinski definition) is 1. The predicted octanol–water partition coefficient (Wildman–Crippen LogP) is 2.59. The molecule has 0 saturated carbocycles. The minimum Gasteiger partial charge on any atom is -0.207 e. The molecule has 1 rings (SSSR count). The predicted molar refractivity (Wildman–Crippen MR) is 51.1 cm³/mol. The maximum atomic E-state index is 12.6. The van der Waals surface area contributed by atoms with Gasteiger partial charge in [0, 0.05) is 8.47 Å². The van der Waals surface area contributed by atoms with Crippen molar-refractivity contribution in [3.8, 4) is 6.07 Å². The van der Waals surface area contributed by atoms with E-state index in [-0.39, 0.29) is 5.56 Å². The van der Waals surface area contributed by atoms with Gasteiger partial charge in [0.15, 0.2) is 0 Å². The number of nitrogens with zero attached hydrogens (tertiary/aromatic N) is 1. The summed E-state index contributed by atoms with van der Waals surface area (Å²) in [4.78, 5) is 0.537. The van der Waals surface area contributed by atoms with Gasteiger partial charge in [0.05, 0.1) is 5.56 Å². The maximum absolute atomic E-state index is 12.6. The van der Waals surface area contributed by atoms with E-state index in [0.717, 1.165) is 0 Å². The minimum absolute atomic E-state index is 0.276. The summed E-state index contributed by atoms with van der Waals surface area (Å²) >= 11 is 5.97. The summed E-state index contributed by atoms with van der Waals surface area (Å²) in [6.45, 7) is 0. The Morgan fingerprint density at radius 1 is 1.55 bits per heavy atom. The Hall–Kier alpha value is -0.280. The maximum Gasteiger partial charge on any atom is 0.125 e. The molecule has 4 heteroatoms. The molecule has 0 aliphatic heterocycles. The van der Waals surface area contributed by atoms with Crippen molar-refractivity contribution in [2.24, 2.45) is 0 Å². The van der Waals surface area contributed by atoms with Crippen LogP contribution in [0.25, 0.3) is 0 Å². The number of halogens is 2. The molecule has 0 aliphatic rings. The second kappa shape index (κ2) is 3.41. The topological polar surface area (TPSA) is 23.8 Å². The molecule has 1 nitrogen and oxygen atoms in total. The average Bonchev–Trinajstić information content (AvgIpc) is 1.96. The summed E-state index contributed by atoms with van der Waals surface area (Å²) in [5.41, 5.74) is 0.276. The van der Waals surface area contributed by atoms with Crippen LogP contribution < -0.4 is 0 Å². The lowest BCUT2D eigenvalue weighted by Crippen LogP contribution is -1.85. The van der Waals surface area contributed by atoms with E-state index in [9.17, 15) is 4.39 Å². The Labute approximate surface area is 82.8 Å². The lowest BCUT2D eigenvalue weighted by atomic mass is 10.2. The Morgan fingerprint density at radius 2 is 2.18 bits per heavy atom. The van der Waals surface area contributed by atoms with Gasteiger partial charge in [-0.05, 0) is 34.7 Å². The van der Waals surface area contributed by atoms with E-state index < -0.39 is 5.82 Å². The molecule has 0 saturated heterocycles. The standard InChI is InChI=1S/C7H3FINS/c8-5-1-4(3-10)7(11)6(9)2-5/h1-2,11H. The Bertz CT molecular complexity index is 332. The first-order chi connectivity index (χ1) is 5.15. The Kier molecular flexibility index (Phi) is 2.73. The Balaban J connectivity index is 3.39. The zero-order chi connectivity index (χ0) is 8.43. The van der Waals surface area contributed by atoms with Gasteiger partial charge in [-0.3, -0.25) is 0 Å². The summed E-state index contributed by atoms with van der Waals surface area (Å²) in [6, 6.07) is 4.36. The van der Waals surface area contributed by atoms with Gasteiger partial charge in [-0.15, -0.1) is 12.6 Å². The van der Waals surface area contributed by atoms with Gasteiger partial charge in [0.25, 0.3) is 0 Å². The molecule has 0 amide bonds. The fourth-order valence-electron chi connectivity index (χ4n) is 0.651. The quantitative estimate of drug-likeness (QED) is 0.572. The van der Waals surface area contributed by atoms with Crippen LogP contribution in [-0.2, 0) is 0 Å². The van der Waals surface area contributed by atoms with Crippen LogP contribution in [0.15, 0.2) is 17.0 Å². The van der Waals surface area contributed by atoms with Crippen LogP contribution >= 0.6 is 35.2 Å². The van der Waals surface area contributed by atoms with Gasteiger partial charge in [-0.25, -0.2) is 4.39 Å². The number of rotatable bonds is 0. The number of thiol groups is 1. The lowest BCUT2D eigenvalue weighted by molar-refractivity contribution is 0.624. The molecule has 1 aromatic rings. The molecule has 0 fully saturated rings.